The minimum Gasteiger partial charge on any atom is -0.478 e. The Balaban J connectivity index is 1.53. The van der Waals surface area contributed by atoms with Gasteiger partial charge in [-0.1, -0.05) is 12.1 Å². The van der Waals surface area contributed by atoms with Crippen molar-refractivity contribution in [1.29, 1.82) is 0 Å². The summed E-state index contributed by atoms with van der Waals surface area (Å²) in [4.78, 5) is 20.1. The predicted octanol–water partition coefficient (Wildman–Crippen LogP) is 3.05. The predicted molar refractivity (Wildman–Crippen MR) is 119 cm³/mol. The van der Waals surface area contributed by atoms with Gasteiger partial charge in [-0.25, -0.2) is 22.6 Å². The summed E-state index contributed by atoms with van der Waals surface area (Å²) >= 11 is 0. The van der Waals surface area contributed by atoms with Gasteiger partial charge in [0.05, 0.1) is 16.1 Å². The number of anilines is 3. The molecule has 4 rings (SSSR count). The van der Waals surface area contributed by atoms with E-state index in [4.69, 9.17) is 0 Å². The molecule has 2 aromatic carbocycles. The van der Waals surface area contributed by atoms with Crippen LogP contribution in [-0.2, 0) is 10.0 Å². The van der Waals surface area contributed by atoms with Gasteiger partial charge < -0.3 is 14.9 Å². The number of carboxylic acid groups (broad SMARTS) is 1. The van der Waals surface area contributed by atoms with Gasteiger partial charge in [0.15, 0.2) is 0 Å². The second-order valence-corrected chi connectivity index (χ2v) is 8.94. The van der Waals surface area contributed by atoms with Crippen molar-refractivity contribution in [3.8, 4) is 0 Å². The quantitative estimate of drug-likeness (QED) is 0.588. The molecular weight excluding hydrogens is 435 g/mol. The summed E-state index contributed by atoms with van der Waals surface area (Å²) in [6, 6.07) is 14.7. The number of hydrogen-bond donors (Lipinski definition) is 2. The maximum atomic E-state index is 13.4. The molecule has 0 atom stereocenters. The Morgan fingerprint density at radius 1 is 0.969 bits per heavy atom. The maximum absolute atomic E-state index is 13.4. The first-order chi connectivity index (χ1) is 15.3. The minimum absolute atomic E-state index is 0.0178. The molecule has 8 nitrogen and oxygen atoms in total. The fraction of sp³-hybridized carbons (Fsp3) is 0.182. The van der Waals surface area contributed by atoms with E-state index in [0.717, 1.165) is 18.0 Å². The smallest absolute Gasteiger partial charge is 0.337 e. The van der Waals surface area contributed by atoms with Crippen molar-refractivity contribution in [2.45, 2.75) is 4.90 Å². The zero-order valence-electron chi connectivity index (χ0n) is 17.0. The summed E-state index contributed by atoms with van der Waals surface area (Å²) in [6.45, 7) is 2.52. The molecule has 2 heterocycles. The van der Waals surface area contributed by atoms with Crippen molar-refractivity contribution < 1.29 is 22.7 Å². The van der Waals surface area contributed by atoms with Gasteiger partial charge in [0, 0.05) is 38.1 Å². The molecule has 0 unspecified atom stereocenters. The Morgan fingerprint density at radius 2 is 1.72 bits per heavy atom. The Bertz CT molecular complexity index is 1230. The van der Waals surface area contributed by atoms with Crippen molar-refractivity contribution in [2.75, 3.05) is 40.7 Å². The number of piperazine rings is 1. The Hall–Kier alpha value is -3.66. The summed E-state index contributed by atoms with van der Waals surface area (Å²) in [5.41, 5.74) is 0.574. The van der Waals surface area contributed by atoms with Gasteiger partial charge in [-0.05, 0) is 48.5 Å². The number of carboxylic acids is 1. The van der Waals surface area contributed by atoms with E-state index in [1.165, 1.54) is 24.3 Å². The van der Waals surface area contributed by atoms with Crippen LogP contribution in [0.25, 0.3) is 0 Å². The molecule has 1 saturated heterocycles. The van der Waals surface area contributed by atoms with E-state index < -0.39 is 21.8 Å². The zero-order chi connectivity index (χ0) is 22.7. The molecule has 1 aromatic heterocycles. The van der Waals surface area contributed by atoms with Crippen LogP contribution in [0.2, 0.25) is 0 Å². The second-order valence-electron chi connectivity index (χ2n) is 7.26. The van der Waals surface area contributed by atoms with E-state index in [1.807, 2.05) is 23.1 Å². The fourth-order valence-electron chi connectivity index (χ4n) is 3.61. The Kier molecular flexibility index (Phi) is 5.95. The maximum Gasteiger partial charge on any atom is 0.337 e. The van der Waals surface area contributed by atoms with Crippen LogP contribution < -0.4 is 14.5 Å². The molecule has 2 N–H and O–H groups in total. The largest absolute Gasteiger partial charge is 0.478 e. The van der Waals surface area contributed by atoms with Crippen LogP contribution in [0, 0.1) is 5.82 Å². The summed E-state index contributed by atoms with van der Waals surface area (Å²) in [6.07, 6.45) is 1.73. The number of carbonyl (C=O) groups is 1. The van der Waals surface area contributed by atoms with Crippen molar-refractivity contribution in [1.82, 2.24) is 4.98 Å². The highest BCUT2D eigenvalue weighted by Gasteiger charge is 2.23. The van der Waals surface area contributed by atoms with Crippen LogP contribution in [0.4, 0.5) is 21.6 Å². The number of sulfonamides is 1. The van der Waals surface area contributed by atoms with Crippen molar-refractivity contribution in [3.63, 3.8) is 0 Å². The van der Waals surface area contributed by atoms with E-state index in [1.54, 1.807) is 12.3 Å². The number of rotatable bonds is 6. The average Bonchev–Trinajstić information content (AvgIpc) is 2.79. The molecule has 166 valence electrons. The molecule has 3 aromatic rings. The van der Waals surface area contributed by atoms with Gasteiger partial charge >= 0.3 is 5.97 Å². The molecule has 1 aliphatic heterocycles. The molecule has 0 spiro atoms. The lowest BCUT2D eigenvalue weighted by molar-refractivity contribution is 0.0697. The lowest BCUT2D eigenvalue weighted by atomic mass is 10.1. The number of aromatic carboxylic acids is 1. The van der Waals surface area contributed by atoms with Crippen LogP contribution in [0.5, 0.6) is 0 Å². The van der Waals surface area contributed by atoms with Gasteiger partial charge in [-0.3, -0.25) is 4.72 Å². The first-order valence-electron chi connectivity index (χ1n) is 9.90. The molecule has 1 fully saturated rings. The first kappa shape index (κ1) is 21.6. The van der Waals surface area contributed by atoms with Gasteiger partial charge in [0.25, 0.3) is 10.0 Å². The van der Waals surface area contributed by atoms with E-state index in [-0.39, 0.29) is 16.1 Å². The highest BCUT2D eigenvalue weighted by Crippen LogP contribution is 2.28. The lowest BCUT2D eigenvalue weighted by Gasteiger charge is -2.37. The third kappa shape index (κ3) is 4.65. The molecular formula is C22H21FN4O4S. The standard InChI is InChI=1S/C22H21FN4O4S/c23-16-4-3-5-18(14-16)32(30,31)25-17-7-8-20(19(15-17)22(28)29)26-10-12-27(13-11-26)21-6-1-2-9-24-21/h1-9,14-15,25H,10-13H2,(H,28,29). The van der Waals surface area contributed by atoms with Gasteiger partial charge in [-0.2, -0.15) is 0 Å². The normalized spacial score (nSPS) is 14.3. The number of halogens is 1. The van der Waals surface area contributed by atoms with E-state index >= 15 is 0 Å². The Labute approximate surface area is 185 Å². The molecule has 0 radical (unpaired) electrons. The topological polar surface area (TPSA) is 103 Å². The molecule has 0 amide bonds. The van der Waals surface area contributed by atoms with Crippen molar-refractivity contribution in [2.24, 2.45) is 0 Å². The number of hydrogen-bond acceptors (Lipinski definition) is 6. The molecule has 10 heteroatoms. The summed E-state index contributed by atoms with van der Waals surface area (Å²) in [7, 11) is -4.06. The molecule has 1 aliphatic rings. The molecule has 32 heavy (non-hydrogen) atoms. The highest BCUT2D eigenvalue weighted by atomic mass is 32.2. The monoisotopic (exact) mass is 456 g/mol. The first-order valence-corrected chi connectivity index (χ1v) is 11.4. The van der Waals surface area contributed by atoms with Crippen LogP contribution in [0.1, 0.15) is 10.4 Å². The van der Waals surface area contributed by atoms with Crippen molar-refractivity contribution >= 4 is 33.2 Å². The third-order valence-corrected chi connectivity index (χ3v) is 6.56. The van der Waals surface area contributed by atoms with Crippen LogP contribution in [0.15, 0.2) is 71.8 Å². The number of pyridine rings is 1. The number of benzene rings is 2. The SMILES string of the molecule is O=C(O)c1cc(NS(=O)(=O)c2cccc(F)c2)ccc1N1CCN(c2ccccn2)CC1. The number of aromatic nitrogens is 1. The second kappa shape index (κ2) is 8.83. The Morgan fingerprint density at radius 3 is 2.38 bits per heavy atom. The molecule has 0 saturated carbocycles. The van der Waals surface area contributed by atoms with E-state index in [0.29, 0.717) is 31.9 Å². The highest BCUT2D eigenvalue weighted by molar-refractivity contribution is 7.92. The fourth-order valence-corrected chi connectivity index (χ4v) is 4.69. The van der Waals surface area contributed by atoms with Crippen LogP contribution >= 0.6 is 0 Å². The van der Waals surface area contributed by atoms with Gasteiger partial charge in [0.1, 0.15) is 11.6 Å². The van der Waals surface area contributed by atoms with Gasteiger partial charge in [-0.15, -0.1) is 0 Å². The van der Waals surface area contributed by atoms with Gasteiger partial charge in [0.2, 0.25) is 0 Å². The van der Waals surface area contributed by atoms with E-state index in [9.17, 15) is 22.7 Å². The number of nitrogens with one attached hydrogen (secondary N) is 1. The van der Waals surface area contributed by atoms with Crippen LogP contribution in [0.3, 0.4) is 0 Å². The molecule has 0 aliphatic carbocycles. The van der Waals surface area contributed by atoms with Crippen molar-refractivity contribution in [3.05, 3.63) is 78.2 Å². The summed E-state index contributed by atoms with van der Waals surface area (Å²) in [5.74, 6) is -0.981. The zero-order valence-corrected chi connectivity index (χ0v) is 17.8. The number of nitrogens with zero attached hydrogens (tertiary/aromatic N) is 3. The minimum atomic E-state index is -4.06. The molecule has 0 bridgehead atoms. The summed E-state index contributed by atoms with van der Waals surface area (Å²) < 4.78 is 40.8. The average molecular weight is 456 g/mol. The van der Waals surface area contributed by atoms with Crippen LogP contribution in [-0.4, -0.2) is 50.7 Å². The summed E-state index contributed by atoms with van der Waals surface area (Å²) in [5, 5.41) is 9.73. The van der Waals surface area contributed by atoms with E-state index in [2.05, 4.69) is 14.6 Å². The third-order valence-electron chi connectivity index (χ3n) is 5.18. The lowest BCUT2D eigenvalue weighted by Crippen LogP contribution is -2.47.